The van der Waals surface area contributed by atoms with Crippen LogP contribution in [0.15, 0.2) is 24.3 Å². The lowest BCUT2D eigenvalue weighted by molar-refractivity contribution is 0.286. The molecule has 0 bridgehead atoms. The van der Waals surface area contributed by atoms with Crippen molar-refractivity contribution in [2.24, 2.45) is 0 Å². The second-order valence-corrected chi connectivity index (χ2v) is 4.52. The molecule has 0 atom stereocenters. The third-order valence-corrected chi connectivity index (χ3v) is 3.14. The minimum atomic E-state index is 0.281. The van der Waals surface area contributed by atoms with E-state index in [1.807, 2.05) is 0 Å². The summed E-state index contributed by atoms with van der Waals surface area (Å²) in [5, 5.41) is 12.1. The lowest BCUT2D eigenvalue weighted by Gasteiger charge is -2.18. The topological polar surface area (TPSA) is 35.5 Å². The second kappa shape index (κ2) is 8.95. The van der Waals surface area contributed by atoms with Crippen LogP contribution in [0.3, 0.4) is 0 Å². The van der Waals surface area contributed by atoms with E-state index >= 15 is 0 Å². The van der Waals surface area contributed by atoms with Crippen molar-refractivity contribution in [2.45, 2.75) is 33.2 Å². The van der Waals surface area contributed by atoms with Crippen molar-refractivity contribution in [3.8, 4) is 0 Å². The van der Waals surface area contributed by atoms with Crippen molar-refractivity contribution < 1.29 is 5.11 Å². The molecule has 3 nitrogen and oxygen atoms in total. The monoisotopic (exact) mass is 250 g/mol. The standard InChI is InChI=1S/C15H26N2O/c1-3-17(4-2)13-14-8-7-9-15(12-14)16-10-5-6-11-18/h7-9,12,16,18H,3-6,10-11,13H2,1-2H3. The molecule has 3 heteroatoms. The fourth-order valence-electron chi connectivity index (χ4n) is 1.95. The highest BCUT2D eigenvalue weighted by Gasteiger charge is 2.01. The number of aliphatic hydroxyl groups is 1. The minimum absolute atomic E-state index is 0.281. The lowest BCUT2D eigenvalue weighted by Crippen LogP contribution is -2.22. The van der Waals surface area contributed by atoms with Gasteiger partial charge in [0.25, 0.3) is 0 Å². The molecule has 0 aromatic heterocycles. The highest BCUT2D eigenvalue weighted by Crippen LogP contribution is 2.12. The van der Waals surface area contributed by atoms with Crippen molar-refractivity contribution in [2.75, 3.05) is 31.6 Å². The molecule has 0 aliphatic heterocycles. The van der Waals surface area contributed by atoms with Crippen LogP contribution >= 0.6 is 0 Å². The minimum Gasteiger partial charge on any atom is -0.396 e. The molecule has 1 aromatic rings. The van der Waals surface area contributed by atoms with Crippen molar-refractivity contribution in [3.05, 3.63) is 29.8 Å². The zero-order chi connectivity index (χ0) is 13.2. The fraction of sp³-hybridized carbons (Fsp3) is 0.600. The smallest absolute Gasteiger partial charge is 0.0431 e. The van der Waals surface area contributed by atoms with Crippen LogP contribution < -0.4 is 5.32 Å². The predicted octanol–water partition coefficient (Wildman–Crippen LogP) is 2.71. The Balaban J connectivity index is 2.45. The van der Waals surface area contributed by atoms with E-state index in [0.29, 0.717) is 0 Å². The van der Waals surface area contributed by atoms with Gasteiger partial charge in [-0.1, -0.05) is 26.0 Å². The summed E-state index contributed by atoms with van der Waals surface area (Å²) >= 11 is 0. The summed E-state index contributed by atoms with van der Waals surface area (Å²) in [7, 11) is 0. The van der Waals surface area contributed by atoms with E-state index in [4.69, 9.17) is 5.11 Å². The van der Waals surface area contributed by atoms with E-state index < -0.39 is 0 Å². The SMILES string of the molecule is CCN(CC)Cc1cccc(NCCCCO)c1. The Hall–Kier alpha value is -1.06. The second-order valence-electron chi connectivity index (χ2n) is 4.52. The third kappa shape index (κ3) is 5.52. The summed E-state index contributed by atoms with van der Waals surface area (Å²) in [6.07, 6.45) is 1.88. The Morgan fingerprint density at radius 2 is 1.94 bits per heavy atom. The Morgan fingerprint density at radius 3 is 2.61 bits per heavy atom. The van der Waals surface area contributed by atoms with Crippen LogP contribution in [-0.4, -0.2) is 36.2 Å². The number of benzene rings is 1. The van der Waals surface area contributed by atoms with Crippen molar-refractivity contribution in [1.82, 2.24) is 4.90 Å². The molecule has 0 spiro atoms. The van der Waals surface area contributed by atoms with E-state index in [-0.39, 0.29) is 6.61 Å². The van der Waals surface area contributed by atoms with Crippen LogP contribution in [-0.2, 0) is 6.54 Å². The first-order valence-corrected chi connectivity index (χ1v) is 6.96. The largest absolute Gasteiger partial charge is 0.396 e. The average molecular weight is 250 g/mol. The van der Waals surface area contributed by atoms with Gasteiger partial charge in [-0.2, -0.15) is 0 Å². The average Bonchev–Trinajstić information content (AvgIpc) is 2.41. The van der Waals surface area contributed by atoms with Crippen LogP contribution in [0.2, 0.25) is 0 Å². The van der Waals surface area contributed by atoms with Gasteiger partial charge in [-0.25, -0.2) is 0 Å². The number of hydrogen-bond acceptors (Lipinski definition) is 3. The Labute approximate surface area is 111 Å². The van der Waals surface area contributed by atoms with E-state index in [9.17, 15) is 0 Å². The van der Waals surface area contributed by atoms with Crippen LogP contribution in [0.25, 0.3) is 0 Å². The molecule has 0 aliphatic rings. The number of aliphatic hydroxyl groups excluding tert-OH is 1. The highest BCUT2D eigenvalue weighted by atomic mass is 16.2. The van der Waals surface area contributed by atoms with Crippen LogP contribution in [0.5, 0.6) is 0 Å². The molecule has 1 rings (SSSR count). The maximum atomic E-state index is 8.73. The van der Waals surface area contributed by atoms with Gasteiger partial charge in [0.1, 0.15) is 0 Å². The summed E-state index contributed by atoms with van der Waals surface area (Å²) in [6.45, 7) is 8.79. The van der Waals surface area contributed by atoms with Gasteiger partial charge in [-0.15, -0.1) is 0 Å². The third-order valence-electron chi connectivity index (χ3n) is 3.14. The number of rotatable bonds is 9. The molecule has 0 unspecified atom stereocenters. The molecule has 0 saturated carbocycles. The maximum Gasteiger partial charge on any atom is 0.0431 e. The molecule has 102 valence electrons. The van der Waals surface area contributed by atoms with Gasteiger partial charge < -0.3 is 10.4 Å². The van der Waals surface area contributed by atoms with E-state index in [2.05, 4.69) is 48.3 Å². The zero-order valence-electron chi connectivity index (χ0n) is 11.7. The highest BCUT2D eigenvalue weighted by molar-refractivity contribution is 5.45. The number of anilines is 1. The number of unbranched alkanes of at least 4 members (excludes halogenated alkanes) is 1. The van der Waals surface area contributed by atoms with Gasteiger partial charge in [0, 0.05) is 25.4 Å². The molecule has 0 radical (unpaired) electrons. The van der Waals surface area contributed by atoms with E-state index in [0.717, 1.165) is 39.0 Å². The van der Waals surface area contributed by atoms with Gasteiger partial charge in [-0.3, -0.25) is 4.90 Å². The zero-order valence-corrected chi connectivity index (χ0v) is 11.7. The van der Waals surface area contributed by atoms with Gasteiger partial charge in [0.15, 0.2) is 0 Å². The fourth-order valence-corrected chi connectivity index (χ4v) is 1.95. The number of hydrogen-bond donors (Lipinski definition) is 2. The van der Waals surface area contributed by atoms with Crippen molar-refractivity contribution in [1.29, 1.82) is 0 Å². The summed E-state index contributed by atoms with van der Waals surface area (Å²) in [4.78, 5) is 2.41. The van der Waals surface area contributed by atoms with Crippen molar-refractivity contribution in [3.63, 3.8) is 0 Å². The summed E-state index contributed by atoms with van der Waals surface area (Å²) in [6, 6.07) is 8.60. The molecule has 0 saturated heterocycles. The van der Waals surface area contributed by atoms with Gasteiger partial charge in [-0.05, 0) is 43.6 Å². The molecule has 2 N–H and O–H groups in total. The molecule has 0 fully saturated rings. The van der Waals surface area contributed by atoms with Gasteiger partial charge in [0.05, 0.1) is 0 Å². The van der Waals surface area contributed by atoms with Crippen molar-refractivity contribution >= 4 is 5.69 Å². The first-order chi connectivity index (χ1) is 8.80. The Bertz CT molecular complexity index is 324. The van der Waals surface area contributed by atoms with Crippen LogP contribution in [0.4, 0.5) is 5.69 Å². The molecular weight excluding hydrogens is 224 g/mol. The first kappa shape index (κ1) is 15.0. The lowest BCUT2D eigenvalue weighted by atomic mass is 10.2. The first-order valence-electron chi connectivity index (χ1n) is 6.96. The quantitative estimate of drug-likeness (QED) is 0.662. The number of nitrogens with zero attached hydrogens (tertiary/aromatic N) is 1. The number of nitrogens with one attached hydrogen (secondary N) is 1. The molecule has 0 heterocycles. The molecule has 0 amide bonds. The summed E-state index contributed by atoms with van der Waals surface area (Å²) in [5.41, 5.74) is 2.53. The van der Waals surface area contributed by atoms with E-state index in [1.54, 1.807) is 0 Å². The maximum absolute atomic E-state index is 8.73. The van der Waals surface area contributed by atoms with Gasteiger partial charge >= 0.3 is 0 Å². The predicted molar refractivity (Wildman–Crippen MR) is 77.9 cm³/mol. The molecule has 18 heavy (non-hydrogen) atoms. The molecule has 0 aliphatic carbocycles. The summed E-state index contributed by atoms with van der Waals surface area (Å²) < 4.78 is 0. The van der Waals surface area contributed by atoms with Gasteiger partial charge in [0.2, 0.25) is 0 Å². The Morgan fingerprint density at radius 1 is 1.17 bits per heavy atom. The molecular formula is C15H26N2O. The van der Waals surface area contributed by atoms with Crippen LogP contribution in [0, 0.1) is 0 Å². The normalized spacial score (nSPS) is 10.9. The Kier molecular flexibility index (Phi) is 7.46. The van der Waals surface area contributed by atoms with Crippen LogP contribution in [0.1, 0.15) is 32.3 Å². The molecule has 1 aromatic carbocycles. The summed E-state index contributed by atoms with van der Waals surface area (Å²) in [5.74, 6) is 0. The van der Waals surface area contributed by atoms with E-state index in [1.165, 1.54) is 11.3 Å².